The molecule has 1 rings (SSSR count). The molecule has 0 aliphatic rings. The molecule has 1 aromatic rings. The Hall–Kier alpha value is -1.88. The van der Waals surface area contributed by atoms with Crippen LogP contribution in [-0.2, 0) is 16.0 Å². The Labute approximate surface area is 125 Å². The maximum Gasteiger partial charge on any atom is 0.239 e. The fourth-order valence-corrected chi connectivity index (χ4v) is 1.69. The minimum atomic E-state index is -0.237. The average Bonchev–Trinajstić information content (AvgIpc) is 2.49. The molecule has 3 N–H and O–H groups in total. The van der Waals surface area contributed by atoms with Crippen LogP contribution in [0.5, 0.6) is 0 Å². The molecule has 0 saturated heterocycles. The zero-order valence-corrected chi connectivity index (χ0v) is 12.7. The van der Waals surface area contributed by atoms with Crippen LogP contribution in [0.2, 0.25) is 0 Å². The summed E-state index contributed by atoms with van der Waals surface area (Å²) in [6.07, 6.45) is 1.03. The fourth-order valence-electron chi connectivity index (χ4n) is 1.69. The van der Waals surface area contributed by atoms with Crippen LogP contribution >= 0.6 is 0 Å². The van der Waals surface area contributed by atoms with Crippen molar-refractivity contribution in [3.8, 4) is 0 Å². The normalized spacial score (nSPS) is 11.8. The second kappa shape index (κ2) is 9.13. The summed E-state index contributed by atoms with van der Waals surface area (Å²) in [6.45, 7) is 4.27. The van der Waals surface area contributed by atoms with E-state index in [2.05, 4.69) is 10.6 Å². The summed E-state index contributed by atoms with van der Waals surface area (Å²) >= 11 is 0. The van der Waals surface area contributed by atoms with Gasteiger partial charge in [0.1, 0.15) is 0 Å². The Kier molecular flexibility index (Phi) is 7.46. The molecule has 0 fully saturated rings. The van der Waals surface area contributed by atoms with E-state index in [-0.39, 0.29) is 30.9 Å². The first-order valence-corrected chi connectivity index (χ1v) is 7.21. The lowest BCUT2D eigenvalue weighted by Crippen LogP contribution is -2.39. The molecule has 1 unspecified atom stereocenters. The molecule has 5 heteroatoms. The summed E-state index contributed by atoms with van der Waals surface area (Å²) in [4.78, 5) is 23.1. The van der Waals surface area contributed by atoms with E-state index < -0.39 is 0 Å². The highest BCUT2D eigenvalue weighted by atomic mass is 16.3. The Balaban J connectivity index is 2.19. The van der Waals surface area contributed by atoms with Crippen molar-refractivity contribution < 1.29 is 14.7 Å². The highest BCUT2D eigenvalue weighted by molar-refractivity contribution is 5.84. The van der Waals surface area contributed by atoms with Crippen molar-refractivity contribution in [1.82, 2.24) is 10.6 Å². The third-order valence-corrected chi connectivity index (χ3v) is 3.17. The van der Waals surface area contributed by atoms with Crippen molar-refractivity contribution in [2.24, 2.45) is 5.92 Å². The van der Waals surface area contributed by atoms with Gasteiger partial charge in [-0.15, -0.1) is 0 Å². The van der Waals surface area contributed by atoms with Crippen molar-refractivity contribution in [1.29, 1.82) is 0 Å². The number of carbonyl (C=O) groups excluding carboxylic acids is 2. The topological polar surface area (TPSA) is 78.4 Å². The second-order valence-electron chi connectivity index (χ2n) is 5.35. The van der Waals surface area contributed by atoms with Crippen molar-refractivity contribution >= 4 is 11.8 Å². The number of amides is 2. The molecule has 1 atom stereocenters. The molecule has 0 aromatic heterocycles. The van der Waals surface area contributed by atoms with E-state index in [0.717, 1.165) is 5.56 Å². The fraction of sp³-hybridized carbons (Fsp3) is 0.500. The predicted molar refractivity (Wildman–Crippen MR) is 81.8 cm³/mol. The van der Waals surface area contributed by atoms with Crippen LogP contribution in [-0.4, -0.2) is 36.6 Å². The van der Waals surface area contributed by atoms with Crippen LogP contribution in [0.4, 0.5) is 0 Å². The van der Waals surface area contributed by atoms with Crippen LogP contribution < -0.4 is 10.6 Å². The van der Waals surface area contributed by atoms with E-state index in [1.807, 2.05) is 38.1 Å². The largest absolute Gasteiger partial charge is 0.396 e. The van der Waals surface area contributed by atoms with Crippen molar-refractivity contribution in [3.05, 3.63) is 35.4 Å². The van der Waals surface area contributed by atoms with E-state index >= 15 is 0 Å². The van der Waals surface area contributed by atoms with E-state index in [4.69, 9.17) is 5.11 Å². The molecule has 0 spiro atoms. The molecular formula is C16H24N2O3. The van der Waals surface area contributed by atoms with Gasteiger partial charge in [0.15, 0.2) is 0 Å². The number of hydrogen-bond acceptors (Lipinski definition) is 3. The lowest BCUT2D eigenvalue weighted by atomic mass is 10.1. The summed E-state index contributed by atoms with van der Waals surface area (Å²) in [5.74, 6) is -0.355. The molecule has 5 nitrogen and oxygen atoms in total. The Morgan fingerprint density at radius 2 is 1.81 bits per heavy atom. The number of rotatable bonds is 8. The number of benzene rings is 1. The highest BCUT2D eigenvalue weighted by Crippen LogP contribution is 2.05. The summed E-state index contributed by atoms with van der Waals surface area (Å²) in [5, 5.41) is 14.1. The monoisotopic (exact) mass is 292 g/mol. The Bertz CT molecular complexity index is 457. The van der Waals surface area contributed by atoms with Gasteiger partial charge in [-0.05, 0) is 24.8 Å². The summed E-state index contributed by atoms with van der Waals surface area (Å²) in [7, 11) is 0. The molecular weight excluding hydrogens is 268 g/mol. The quantitative estimate of drug-likeness (QED) is 0.663. The standard InChI is InChI=1S/C16H24N2O3/c1-12-3-5-14(6-4-12)7-8-15(20)18-10-16(21)17-9-13(2)11-19/h3-6,13,19H,7-11H2,1-2H3,(H,17,21)(H,18,20). The van der Waals surface area contributed by atoms with Gasteiger partial charge in [-0.25, -0.2) is 0 Å². The Morgan fingerprint density at radius 3 is 2.43 bits per heavy atom. The third kappa shape index (κ3) is 7.46. The minimum Gasteiger partial charge on any atom is -0.396 e. The average molecular weight is 292 g/mol. The van der Waals surface area contributed by atoms with Crippen LogP contribution in [0.3, 0.4) is 0 Å². The zero-order chi connectivity index (χ0) is 15.7. The predicted octanol–water partition coefficient (Wildman–Crippen LogP) is 0.788. The van der Waals surface area contributed by atoms with E-state index in [1.54, 1.807) is 0 Å². The Morgan fingerprint density at radius 1 is 1.14 bits per heavy atom. The number of aliphatic hydroxyl groups is 1. The first kappa shape index (κ1) is 17.2. The summed E-state index contributed by atoms with van der Waals surface area (Å²) in [5.41, 5.74) is 2.30. The molecule has 2 amide bonds. The lowest BCUT2D eigenvalue weighted by molar-refractivity contribution is -0.126. The smallest absolute Gasteiger partial charge is 0.239 e. The van der Waals surface area contributed by atoms with Crippen molar-refractivity contribution in [3.63, 3.8) is 0 Å². The second-order valence-corrected chi connectivity index (χ2v) is 5.35. The van der Waals surface area contributed by atoms with E-state index in [0.29, 0.717) is 19.4 Å². The first-order valence-electron chi connectivity index (χ1n) is 7.21. The van der Waals surface area contributed by atoms with Gasteiger partial charge in [0, 0.05) is 19.6 Å². The van der Waals surface area contributed by atoms with Gasteiger partial charge in [-0.1, -0.05) is 36.8 Å². The lowest BCUT2D eigenvalue weighted by Gasteiger charge is -2.10. The molecule has 0 aliphatic carbocycles. The summed E-state index contributed by atoms with van der Waals surface area (Å²) < 4.78 is 0. The maximum absolute atomic E-state index is 11.7. The molecule has 116 valence electrons. The highest BCUT2D eigenvalue weighted by Gasteiger charge is 2.07. The number of aryl methyl sites for hydroxylation is 2. The zero-order valence-electron chi connectivity index (χ0n) is 12.7. The van der Waals surface area contributed by atoms with E-state index in [9.17, 15) is 9.59 Å². The minimum absolute atomic E-state index is 0.0196. The molecule has 1 aromatic carbocycles. The third-order valence-electron chi connectivity index (χ3n) is 3.17. The number of aliphatic hydroxyl groups excluding tert-OH is 1. The van der Waals surface area contributed by atoms with Crippen LogP contribution in [0.15, 0.2) is 24.3 Å². The number of nitrogens with one attached hydrogen (secondary N) is 2. The van der Waals surface area contributed by atoms with Gasteiger partial charge in [0.25, 0.3) is 0 Å². The van der Waals surface area contributed by atoms with Crippen LogP contribution in [0.25, 0.3) is 0 Å². The van der Waals surface area contributed by atoms with Gasteiger partial charge in [0.05, 0.1) is 6.54 Å². The van der Waals surface area contributed by atoms with Gasteiger partial charge in [-0.3, -0.25) is 9.59 Å². The van der Waals surface area contributed by atoms with Gasteiger partial charge in [0.2, 0.25) is 11.8 Å². The first-order chi connectivity index (χ1) is 10.0. The van der Waals surface area contributed by atoms with Crippen LogP contribution in [0.1, 0.15) is 24.5 Å². The molecule has 0 aliphatic heterocycles. The maximum atomic E-state index is 11.7. The molecule has 0 heterocycles. The SMILES string of the molecule is Cc1ccc(CCC(=O)NCC(=O)NCC(C)CO)cc1. The molecule has 21 heavy (non-hydrogen) atoms. The number of hydrogen-bond donors (Lipinski definition) is 3. The van der Waals surface area contributed by atoms with Gasteiger partial charge < -0.3 is 15.7 Å². The van der Waals surface area contributed by atoms with Gasteiger partial charge in [-0.2, -0.15) is 0 Å². The molecule has 0 saturated carbocycles. The molecule has 0 radical (unpaired) electrons. The summed E-state index contributed by atoms with van der Waals surface area (Å²) in [6, 6.07) is 8.04. The van der Waals surface area contributed by atoms with Crippen molar-refractivity contribution in [2.75, 3.05) is 19.7 Å². The number of carbonyl (C=O) groups is 2. The van der Waals surface area contributed by atoms with E-state index in [1.165, 1.54) is 5.56 Å². The van der Waals surface area contributed by atoms with Crippen molar-refractivity contribution in [2.45, 2.75) is 26.7 Å². The van der Waals surface area contributed by atoms with Crippen LogP contribution in [0, 0.1) is 12.8 Å². The molecule has 0 bridgehead atoms. The van der Waals surface area contributed by atoms with Gasteiger partial charge >= 0.3 is 0 Å².